The number of hydrogen-bond donors (Lipinski definition) is 1. The van der Waals surface area contributed by atoms with Crippen molar-refractivity contribution >= 4 is 11.8 Å². The van der Waals surface area contributed by atoms with Crippen LogP contribution in [0.5, 0.6) is 5.75 Å². The van der Waals surface area contributed by atoms with Crippen molar-refractivity contribution in [3.05, 3.63) is 59.7 Å². The van der Waals surface area contributed by atoms with Crippen molar-refractivity contribution in [2.45, 2.75) is 17.9 Å². The maximum atomic E-state index is 10.2. The Morgan fingerprint density at radius 1 is 1.16 bits per heavy atom. The second-order valence-corrected chi connectivity index (χ2v) is 5.51. The van der Waals surface area contributed by atoms with E-state index in [2.05, 4.69) is 25.1 Å². The standard InChI is InChI=1S/C16H18O2S/c1-12-5-3-8-15(9-12)19-11-16(17)13-6-4-7-14(10-13)18-2/h3-10,16-17H,11H2,1-2H3. The number of aryl methyl sites for hydroxylation is 1. The van der Waals surface area contributed by atoms with Crippen LogP contribution in [0.4, 0.5) is 0 Å². The lowest BCUT2D eigenvalue weighted by Gasteiger charge is -2.12. The molecule has 1 N–H and O–H groups in total. The van der Waals surface area contributed by atoms with E-state index in [4.69, 9.17) is 4.74 Å². The molecule has 100 valence electrons. The van der Waals surface area contributed by atoms with Crippen LogP contribution in [-0.4, -0.2) is 18.0 Å². The van der Waals surface area contributed by atoms with Gasteiger partial charge in [-0.3, -0.25) is 0 Å². The molecule has 1 unspecified atom stereocenters. The number of aliphatic hydroxyl groups excluding tert-OH is 1. The number of methoxy groups -OCH3 is 1. The Labute approximate surface area is 118 Å². The molecule has 0 bridgehead atoms. The number of benzene rings is 2. The Bertz CT molecular complexity index is 540. The zero-order chi connectivity index (χ0) is 13.7. The van der Waals surface area contributed by atoms with Gasteiger partial charge >= 0.3 is 0 Å². The van der Waals surface area contributed by atoms with Gasteiger partial charge in [-0.1, -0.05) is 29.8 Å². The van der Waals surface area contributed by atoms with Gasteiger partial charge in [0.25, 0.3) is 0 Å². The molecule has 0 radical (unpaired) electrons. The van der Waals surface area contributed by atoms with E-state index < -0.39 is 6.10 Å². The van der Waals surface area contributed by atoms with Gasteiger partial charge in [0, 0.05) is 10.6 Å². The van der Waals surface area contributed by atoms with Gasteiger partial charge in [0.1, 0.15) is 5.75 Å². The van der Waals surface area contributed by atoms with Crippen LogP contribution in [0.3, 0.4) is 0 Å². The molecule has 0 spiro atoms. The minimum atomic E-state index is -0.486. The van der Waals surface area contributed by atoms with Gasteiger partial charge in [-0.05, 0) is 36.8 Å². The molecule has 0 aliphatic carbocycles. The minimum absolute atomic E-state index is 0.486. The Morgan fingerprint density at radius 2 is 1.95 bits per heavy atom. The summed E-state index contributed by atoms with van der Waals surface area (Å²) in [6.07, 6.45) is -0.486. The smallest absolute Gasteiger partial charge is 0.119 e. The largest absolute Gasteiger partial charge is 0.497 e. The highest BCUT2D eigenvalue weighted by Crippen LogP contribution is 2.26. The lowest BCUT2D eigenvalue weighted by molar-refractivity contribution is 0.203. The summed E-state index contributed by atoms with van der Waals surface area (Å²) in [6.45, 7) is 2.07. The van der Waals surface area contributed by atoms with E-state index in [-0.39, 0.29) is 0 Å². The van der Waals surface area contributed by atoms with Crippen molar-refractivity contribution in [2.24, 2.45) is 0 Å². The molecule has 0 fully saturated rings. The molecule has 0 amide bonds. The highest BCUT2D eigenvalue weighted by molar-refractivity contribution is 7.99. The number of ether oxygens (including phenoxy) is 1. The first kappa shape index (κ1) is 14.0. The van der Waals surface area contributed by atoms with E-state index in [1.54, 1.807) is 18.9 Å². The molecule has 3 heteroatoms. The van der Waals surface area contributed by atoms with Crippen molar-refractivity contribution < 1.29 is 9.84 Å². The number of aliphatic hydroxyl groups is 1. The van der Waals surface area contributed by atoms with Crippen LogP contribution in [0.2, 0.25) is 0 Å². The van der Waals surface area contributed by atoms with Crippen LogP contribution in [0.25, 0.3) is 0 Å². The molecule has 0 aliphatic rings. The molecule has 2 aromatic rings. The first-order valence-electron chi connectivity index (χ1n) is 6.20. The zero-order valence-electron chi connectivity index (χ0n) is 11.2. The van der Waals surface area contributed by atoms with Gasteiger partial charge in [-0.15, -0.1) is 11.8 Å². The summed E-state index contributed by atoms with van der Waals surface area (Å²) in [5.74, 6) is 1.41. The van der Waals surface area contributed by atoms with E-state index in [9.17, 15) is 5.11 Å². The van der Waals surface area contributed by atoms with Gasteiger partial charge in [0.15, 0.2) is 0 Å². The summed E-state index contributed by atoms with van der Waals surface area (Å²) in [7, 11) is 1.63. The molecule has 1 atom stereocenters. The number of hydrogen-bond acceptors (Lipinski definition) is 3. The van der Waals surface area contributed by atoms with Gasteiger partial charge in [0.05, 0.1) is 13.2 Å². The summed E-state index contributed by atoms with van der Waals surface area (Å²) >= 11 is 1.66. The lowest BCUT2D eigenvalue weighted by Crippen LogP contribution is -2.00. The monoisotopic (exact) mass is 274 g/mol. The lowest BCUT2D eigenvalue weighted by atomic mass is 10.1. The van der Waals surface area contributed by atoms with Crippen molar-refractivity contribution in [1.29, 1.82) is 0 Å². The average Bonchev–Trinajstić information content (AvgIpc) is 2.45. The Hall–Kier alpha value is -1.45. The molecule has 0 saturated heterocycles. The topological polar surface area (TPSA) is 29.5 Å². The fourth-order valence-electron chi connectivity index (χ4n) is 1.83. The van der Waals surface area contributed by atoms with Gasteiger partial charge in [-0.25, -0.2) is 0 Å². The van der Waals surface area contributed by atoms with Crippen molar-refractivity contribution in [3.8, 4) is 5.75 Å². The fraction of sp³-hybridized carbons (Fsp3) is 0.250. The Morgan fingerprint density at radius 3 is 2.68 bits per heavy atom. The molecule has 0 saturated carbocycles. The summed E-state index contributed by atoms with van der Waals surface area (Å²) in [4.78, 5) is 1.18. The molecule has 2 nitrogen and oxygen atoms in total. The third kappa shape index (κ3) is 4.01. The van der Waals surface area contributed by atoms with Gasteiger partial charge < -0.3 is 9.84 Å². The summed E-state index contributed by atoms with van der Waals surface area (Å²) in [5, 5.41) is 10.2. The van der Waals surface area contributed by atoms with Crippen LogP contribution < -0.4 is 4.74 Å². The van der Waals surface area contributed by atoms with Crippen LogP contribution in [0, 0.1) is 6.92 Å². The maximum Gasteiger partial charge on any atom is 0.119 e. The third-order valence-corrected chi connectivity index (χ3v) is 3.95. The normalized spacial score (nSPS) is 12.2. The summed E-state index contributed by atoms with van der Waals surface area (Å²) in [6, 6.07) is 15.9. The number of rotatable bonds is 5. The Balaban J connectivity index is 1.99. The van der Waals surface area contributed by atoms with E-state index in [0.717, 1.165) is 11.3 Å². The predicted molar refractivity (Wildman–Crippen MR) is 79.9 cm³/mol. The first-order valence-corrected chi connectivity index (χ1v) is 7.19. The quantitative estimate of drug-likeness (QED) is 0.840. The SMILES string of the molecule is COc1cccc(C(O)CSc2cccc(C)c2)c1. The minimum Gasteiger partial charge on any atom is -0.497 e. The Kier molecular flexibility index (Phi) is 4.88. The molecule has 19 heavy (non-hydrogen) atoms. The molecule has 0 aromatic heterocycles. The third-order valence-electron chi connectivity index (χ3n) is 2.88. The molecule has 0 aliphatic heterocycles. The first-order chi connectivity index (χ1) is 9.19. The van der Waals surface area contributed by atoms with Crippen molar-refractivity contribution in [1.82, 2.24) is 0 Å². The fourth-order valence-corrected chi connectivity index (χ4v) is 2.81. The molecular formula is C16H18O2S. The van der Waals surface area contributed by atoms with Crippen molar-refractivity contribution in [2.75, 3.05) is 12.9 Å². The zero-order valence-corrected chi connectivity index (χ0v) is 12.0. The maximum absolute atomic E-state index is 10.2. The summed E-state index contributed by atoms with van der Waals surface area (Å²) in [5.41, 5.74) is 2.13. The molecule has 2 rings (SSSR count). The van der Waals surface area contributed by atoms with E-state index >= 15 is 0 Å². The van der Waals surface area contributed by atoms with Crippen LogP contribution >= 0.6 is 11.8 Å². The predicted octanol–water partition coefficient (Wildman–Crippen LogP) is 3.83. The van der Waals surface area contributed by atoms with Crippen molar-refractivity contribution in [3.63, 3.8) is 0 Å². The molecule has 2 aromatic carbocycles. The molecule has 0 heterocycles. The van der Waals surface area contributed by atoms with E-state index in [1.165, 1.54) is 10.5 Å². The van der Waals surface area contributed by atoms with Crippen LogP contribution in [-0.2, 0) is 0 Å². The van der Waals surface area contributed by atoms with Gasteiger partial charge in [-0.2, -0.15) is 0 Å². The molecular weight excluding hydrogens is 256 g/mol. The highest BCUT2D eigenvalue weighted by Gasteiger charge is 2.09. The average molecular weight is 274 g/mol. The van der Waals surface area contributed by atoms with Gasteiger partial charge in [0.2, 0.25) is 0 Å². The van der Waals surface area contributed by atoms with E-state index in [1.807, 2.05) is 30.3 Å². The van der Waals surface area contributed by atoms with Crippen LogP contribution in [0.15, 0.2) is 53.4 Å². The number of thioether (sulfide) groups is 1. The second-order valence-electron chi connectivity index (χ2n) is 4.42. The highest BCUT2D eigenvalue weighted by atomic mass is 32.2. The van der Waals surface area contributed by atoms with Crippen LogP contribution in [0.1, 0.15) is 17.2 Å². The van der Waals surface area contributed by atoms with E-state index in [0.29, 0.717) is 5.75 Å². The second kappa shape index (κ2) is 6.64. The summed E-state index contributed by atoms with van der Waals surface area (Å²) < 4.78 is 5.17.